The van der Waals surface area contributed by atoms with E-state index in [0.29, 0.717) is 0 Å². The second kappa shape index (κ2) is 7.65. The van der Waals surface area contributed by atoms with Gasteiger partial charge in [-0.05, 0) is 56.9 Å². The van der Waals surface area contributed by atoms with Crippen molar-refractivity contribution in [3.8, 4) is 0 Å². The molecule has 0 aliphatic heterocycles. The highest BCUT2D eigenvalue weighted by molar-refractivity contribution is 6.08. The first-order chi connectivity index (χ1) is 14.7. The number of rotatable bonds is 0. The van der Waals surface area contributed by atoms with Crippen molar-refractivity contribution in [2.45, 2.75) is 13.8 Å². The van der Waals surface area contributed by atoms with Gasteiger partial charge in [0.1, 0.15) is 0 Å². The van der Waals surface area contributed by atoms with Crippen LogP contribution in [0.3, 0.4) is 0 Å². The van der Waals surface area contributed by atoms with Gasteiger partial charge >= 0.3 is 0 Å². The molecule has 0 bridgehead atoms. The molecular formula is C30H24. The lowest BCUT2D eigenvalue weighted by molar-refractivity contribution is 1.51. The molecule has 144 valence electrons. The molecule has 0 heterocycles. The minimum atomic E-state index is 1.31. The number of hydrogen-bond acceptors (Lipinski definition) is 0. The largest absolute Gasteiger partial charge is 0.0616 e. The molecule has 0 N–H and O–H groups in total. The monoisotopic (exact) mass is 384 g/mol. The summed E-state index contributed by atoms with van der Waals surface area (Å²) in [6.45, 7) is 4.27. The van der Waals surface area contributed by atoms with Crippen LogP contribution in [0.15, 0.2) is 109 Å². The normalized spacial score (nSPS) is 11.0. The number of benzene rings is 6. The van der Waals surface area contributed by atoms with E-state index in [9.17, 15) is 0 Å². The molecule has 0 heteroatoms. The molecule has 0 unspecified atom stereocenters. The van der Waals surface area contributed by atoms with Crippen molar-refractivity contribution < 1.29 is 0 Å². The molecule has 6 rings (SSSR count). The van der Waals surface area contributed by atoms with Crippen molar-refractivity contribution in [3.63, 3.8) is 0 Å². The predicted octanol–water partition coefficient (Wildman–Crippen LogP) is 8.60. The minimum absolute atomic E-state index is 1.31. The summed E-state index contributed by atoms with van der Waals surface area (Å²) in [6, 6.07) is 39.1. The van der Waals surface area contributed by atoms with Crippen LogP contribution in [0.2, 0.25) is 0 Å². The topological polar surface area (TPSA) is 0 Å². The van der Waals surface area contributed by atoms with Crippen LogP contribution in [0.25, 0.3) is 43.1 Å². The standard InChI is InChI=1S/2C15H12/c1-11-6-9-15-13(10-11)8-7-12-4-2-3-5-14(12)15;1-11-6-7-13-9-8-12-4-2-3-5-14(12)15(13)10-11/h2*2-10H,1H3. The predicted molar refractivity (Wildman–Crippen MR) is 132 cm³/mol. The summed E-state index contributed by atoms with van der Waals surface area (Å²) in [7, 11) is 0. The van der Waals surface area contributed by atoms with Crippen LogP contribution in [-0.2, 0) is 0 Å². The zero-order chi connectivity index (χ0) is 20.5. The van der Waals surface area contributed by atoms with Crippen LogP contribution in [0, 0.1) is 13.8 Å². The number of hydrogen-bond donors (Lipinski definition) is 0. The summed E-state index contributed by atoms with van der Waals surface area (Å²) in [6.07, 6.45) is 0. The van der Waals surface area contributed by atoms with Gasteiger partial charge in [-0.3, -0.25) is 0 Å². The first-order valence-corrected chi connectivity index (χ1v) is 10.5. The summed E-state index contributed by atoms with van der Waals surface area (Å²) in [5.41, 5.74) is 2.64. The lowest BCUT2D eigenvalue weighted by Crippen LogP contribution is -1.78. The maximum atomic E-state index is 2.26. The highest BCUT2D eigenvalue weighted by Crippen LogP contribution is 2.26. The van der Waals surface area contributed by atoms with E-state index >= 15 is 0 Å². The van der Waals surface area contributed by atoms with Gasteiger partial charge < -0.3 is 0 Å². The molecule has 0 fully saturated rings. The Balaban J connectivity index is 0.000000128. The maximum Gasteiger partial charge on any atom is -0.0103 e. The van der Waals surface area contributed by atoms with Gasteiger partial charge in [0, 0.05) is 0 Å². The van der Waals surface area contributed by atoms with Crippen molar-refractivity contribution in [2.75, 3.05) is 0 Å². The summed E-state index contributed by atoms with van der Waals surface area (Å²) < 4.78 is 0. The Morgan fingerprint density at radius 2 is 0.767 bits per heavy atom. The molecule has 0 aromatic heterocycles. The van der Waals surface area contributed by atoms with E-state index in [1.165, 1.54) is 54.2 Å². The van der Waals surface area contributed by atoms with Crippen molar-refractivity contribution in [3.05, 3.63) is 120 Å². The van der Waals surface area contributed by atoms with Gasteiger partial charge in [0.05, 0.1) is 0 Å². The van der Waals surface area contributed by atoms with Crippen LogP contribution in [-0.4, -0.2) is 0 Å². The van der Waals surface area contributed by atoms with E-state index in [-0.39, 0.29) is 0 Å². The van der Waals surface area contributed by atoms with Gasteiger partial charge in [0.15, 0.2) is 0 Å². The van der Waals surface area contributed by atoms with Gasteiger partial charge in [-0.25, -0.2) is 0 Å². The van der Waals surface area contributed by atoms with E-state index in [0.717, 1.165) is 0 Å². The Bertz CT molecular complexity index is 1510. The second-order valence-corrected chi connectivity index (χ2v) is 8.02. The first kappa shape index (κ1) is 18.4. The third-order valence-corrected chi connectivity index (χ3v) is 5.80. The summed E-state index contributed by atoms with van der Waals surface area (Å²) in [5, 5.41) is 10.7. The minimum Gasteiger partial charge on any atom is -0.0616 e. The van der Waals surface area contributed by atoms with E-state index in [1.54, 1.807) is 0 Å². The molecule has 0 amide bonds. The maximum absolute atomic E-state index is 2.26. The van der Waals surface area contributed by atoms with Gasteiger partial charge in [0.2, 0.25) is 0 Å². The highest BCUT2D eigenvalue weighted by Gasteiger charge is 2.00. The first-order valence-electron chi connectivity index (χ1n) is 10.5. The average molecular weight is 385 g/mol. The van der Waals surface area contributed by atoms with E-state index in [4.69, 9.17) is 0 Å². The number of fused-ring (bicyclic) bond motifs is 6. The fourth-order valence-electron chi connectivity index (χ4n) is 4.25. The van der Waals surface area contributed by atoms with Gasteiger partial charge in [-0.1, -0.05) is 120 Å². The molecule has 0 aliphatic carbocycles. The van der Waals surface area contributed by atoms with E-state index in [1.807, 2.05) is 0 Å². The Hall–Kier alpha value is -3.64. The average Bonchev–Trinajstić information content (AvgIpc) is 2.79. The Morgan fingerprint density at radius 1 is 0.333 bits per heavy atom. The fourth-order valence-corrected chi connectivity index (χ4v) is 4.25. The highest BCUT2D eigenvalue weighted by atomic mass is 14.0. The lowest BCUT2D eigenvalue weighted by Gasteiger charge is -2.04. The van der Waals surface area contributed by atoms with Crippen LogP contribution >= 0.6 is 0 Å². The Morgan fingerprint density at radius 3 is 1.47 bits per heavy atom. The molecule has 30 heavy (non-hydrogen) atoms. The summed E-state index contributed by atoms with van der Waals surface area (Å²) in [4.78, 5) is 0. The van der Waals surface area contributed by atoms with E-state index < -0.39 is 0 Å². The molecular weight excluding hydrogens is 360 g/mol. The van der Waals surface area contributed by atoms with Crippen LogP contribution in [0.4, 0.5) is 0 Å². The van der Waals surface area contributed by atoms with Crippen molar-refractivity contribution >= 4 is 43.1 Å². The molecule has 0 saturated heterocycles. The van der Waals surface area contributed by atoms with Crippen molar-refractivity contribution in [2.24, 2.45) is 0 Å². The van der Waals surface area contributed by atoms with Crippen molar-refractivity contribution in [1.29, 1.82) is 0 Å². The number of aryl methyl sites for hydroxylation is 2. The van der Waals surface area contributed by atoms with Gasteiger partial charge in [-0.2, -0.15) is 0 Å². The molecule has 0 spiro atoms. The quantitative estimate of drug-likeness (QED) is 0.230. The van der Waals surface area contributed by atoms with E-state index in [2.05, 4.69) is 123 Å². The SMILES string of the molecule is Cc1ccc2c(ccc3ccccc32)c1.Cc1ccc2ccc3ccccc3c2c1. The second-order valence-electron chi connectivity index (χ2n) is 8.02. The van der Waals surface area contributed by atoms with Crippen LogP contribution in [0.1, 0.15) is 11.1 Å². The van der Waals surface area contributed by atoms with Gasteiger partial charge in [-0.15, -0.1) is 0 Å². The Kier molecular flexibility index (Phi) is 4.69. The molecule has 0 aliphatic rings. The molecule has 6 aromatic rings. The van der Waals surface area contributed by atoms with Gasteiger partial charge in [0.25, 0.3) is 0 Å². The molecule has 6 aromatic carbocycles. The molecule has 0 atom stereocenters. The Labute approximate surface area is 177 Å². The fraction of sp³-hybridized carbons (Fsp3) is 0.0667. The summed E-state index contributed by atoms with van der Waals surface area (Å²) >= 11 is 0. The zero-order valence-corrected chi connectivity index (χ0v) is 17.4. The lowest BCUT2D eigenvalue weighted by atomic mass is 10.0. The smallest absolute Gasteiger partial charge is 0.0103 e. The van der Waals surface area contributed by atoms with Crippen LogP contribution < -0.4 is 0 Å². The molecule has 0 radical (unpaired) electrons. The third kappa shape index (κ3) is 3.42. The van der Waals surface area contributed by atoms with Crippen molar-refractivity contribution in [1.82, 2.24) is 0 Å². The molecule has 0 saturated carbocycles. The molecule has 0 nitrogen and oxygen atoms in total. The zero-order valence-electron chi connectivity index (χ0n) is 17.4. The summed E-state index contributed by atoms with van der Waals surface area (Å²) in [5.74, 6) is 0. The third-order valence-electron chi connectivity index (χ3n) is 5.80. The van der Waals surface area contributed by atoms with Crippen LogP contribution in [0.5, 0.6) is 0 Å².